The van der Waals surface area contributed by atoms with Gasteiger partial charge in [-0.25, -0.2) is 0 Å². The third-order valence-corrected chi connectivity index (χ3v) is 3.67. The minimum Gasteiger partial charge on any atom is -0.339 e. The smallest absolute Gasteiger partial charge is 0.227 e. The molecule has 2 heterocycles. The second kappa shape index (κ2) is 5.20. The highest BCUT2D eigenvalue weighted by molar-refractivity contribution is 9.10. The molecular formula is C13H14BrN3O. The number of halogens is 1. The first-order chi connectivity index (χ1) is 8.81. The van der Waals surface area contributed by atoms with E-state index in [-0.39, 0.29) is 0 Å². The maximum atomic E-state index is 5.32. The van der Waals surface area contributed by atoms with Crippen molar-refractivity contribution < 1.29 is 4.52 Å². The predicted molar refractivity (Wildman–Crippen MR) is 72.1 cm³/mol. The molecule has 0 aliphatic carbocycles. The zero-order valence-corrected chi connectivity index (χ0v) is 11.5. The van der Waals surface area contributed by atoms with Gasteiger partial charge in [0.2, 0.25) is 11.7 Å². The summed E-state index contributed by atoms with van der Waals surface area (Å²) in [5.41, 5.74) is 0.976. The van der Waals surface area contributed by atoms with Gasteiger partial charge < -0.3 is 9.84 Å². The molecule has 2 aromatic rings. The molecule has 0 radical (unpaired) electrons. The van der Waals surface area contributed by atoms with Gasteiger partial charge in [0.05, 0.1) is 0 Å². The van der Waals surface area contributed by atoms with E-state index < -0.39 is 0 Å². The number of nitrogens with one attached hydrogen (secondary N) is 1. The number of hydrogen-bond donors (Lipinski definition) is 1. The zero-order valence-electron chi connectivity index (χ0n) is 9.90. The van der Waals surface area contributed by atoms with Gasteiger partial charge in [-0.05, 0) is 37.6 Å². The molecule has 4 nitrogen and oxygen atoms in total. The Morgan fingerprint density at radius 2 is 2.39 bits per heavy atom. The lowest BCUT2D eigenvalue weighted by atomic mass is 10.1. The van der Waals surface area contributed by atoms with E-state index in [0.717, 1.165) is 35.4 Å². The van der Waals surface area contributed by atoms with Crippen molar-refractivity contribution in [1.82, 2.24) is 15.5 Å². The van der Waals surface area contributed by atoms with Gasteiger partial charge in [-0.15, -0.1) is 0 Å². The van der Waals surface area contributed by atoms with Gasteiger partial charge >= 0.3 is 0 Å². The number of rotatable bonds is 3. The van der Waals surface area contributed by atoms with E-state index in [2.05, 4.69) is 31.4 Å². The van der Waals surface area contributed by atoms with Crippen LogP contribution >= 0.6 is 15.9 Å². The van der Waals surface area contributed by atoms with Crippen LogP contribution in [0.5, 0.6) is 0 Å². The first-order valence-electron chi connectivity index (χ1n) is 6.10. The Labute approximate surface area is 114 Å². The Bertz CT molecular complexity index is 535. The molecule has 0 spiro atoms. The van der Waals surface area contributed by atoms with E-state index in [9.17, 15) is 0 Å². The summed E-state index contributed by atoms with van der Waals surface area (Å²) in [5.74, 6) is 2.02. The van der Waals surface area contributed by atoms with Crippen molar-refractivity contribution in [2.24, 2.45) is 5.92 Å². The van der Waals surface area contributed by atoms with E-state index in [1.54, 1.807) is 0 Å². The van der Waals surface area contributed by atoms with E-state index in [1.807, 2.05) is 24.3 Å². The Hall–Kier alpha value is -1.20. The van der Waals surface area contributed by atoms with Crippen LogP contribution in [0.4, 0.5) is 0 Å². The lowest BCUT2D eigenvalue weighted by Gasteiger charge is -2.01. The molecule has 1 atom stereocenters. The van der Waals surface area contributed by atoms with Crippen molar-refractivity contribution in [1.29, 1.82) is 0 Å². The molecule has 1 aliphatic heterocycles. The van der Waals surface area contributed by atoms with E-state index in [1.165, 1.54) is 6.42 Å². The van der Waals surface area contributed by atoms with Crippen molar-refractivity contribution in [3.05, 3.63) is 34.6 Å². The summed E-state index contributed by atoms with van der Waals surface area (Å²) >= 11 is 3.44. The molecule has 0 saturated carbocycles. The minimum atomic E-state index is 0.626. The zero-order chi connectivity index (χ0) is 12.4. The largest absolute Gasteiger partial charge is 0.339 e. The molecule has 1 aromatic carbocycles. The van der Waals surface area contributed by atoms with Crippen LogP contribution in [0.25, 0.3) is 11.4 Å². The number of aromatic nitrogens is 2. The molecule has 0 amide bonds. The van der Waals surface area contributed by atoms with Crippen LogP contribution in [0.3, 0.4) is 0 Å². The quantitative estimate of drug-likeness (QED) is 0.947. The Balaban J connectivity index is 1.76. The molecule has 1 aliphatic rings. The van der Waals surface area contributed by atoms with Gasteiger partial charge in [0.1, 0.15) is 0 Å². The van der Waals surface area contributed by atoms with Crippen LogP contribution in [0.1, 0.15) is 12.3 Å². The van der Waals surface area contributed by atoms with Crippen molar-refractivity contribution in [3.8, 4) is 11.4 Å². The molecule has 1 fully saturated rings. The minimum absolute atomic E-state index is 0.626. The summed E-state index contributed by atoms with van der Waals surface area (Å²) < 4.78 is 6.34. The normalized spacial score (nSPS) is 19.3. The standard InChI is InChI=1S/C13H14BrN3O/c14-11-3-1-2-10(7-11)13-16-12(18-17-13)6-9-4-5-15-8-9/h1-3,7,9,15H,4-6,8H2. The summed E-state index contributed by atoms with van der Waals surface area (Å²) in [6.45, 7) is 2.14. The third kappa shape index (κ3) is 2.62. The highest BCUT2D eigenvalue weighted by Gasteiger charge is 2.18. The van der Waals surface area contributed by atoms with Gasteiger partial charge in [-0.2, -0.15) is 4.98 Å². The van der Waals surface area contributed by atoms with Gasteiger partial charge in [0.25, 0.3) is 0 Å². The molecule has 1 unspecified atom stereocenters. The summed E-state index contributed by atoms with van der Waals surface area (Å²) in [4.78, 5) is 4.46. The molecular weight excluding hydrogens is 294 g/mol. The van der Waals surface area contributed by atoms with Gasteiger partial charge in [0.15, 0.2) is 0 Å². The predicted octanol–water partition coefficient (Wildman–Crippen LogP) is 2.65. The van der Waals surface area contributed by atoms with E-state index in [4.69, 9.17) is 4.52 Å². The summed E-state index contributed by atoms with van der Waals surface area (Å²) in [5, 5.41) is 7.38. The van der Waals surface area contributed by atoms with Crippen LogP contribution in [-0.2, 0) is 6.42 Å². The van der Waals surface area contributed by atoms with E-state index in [0.29, 0.717) is 11.7 Å². The average molecular weight is 308 g/mol. The Morgan fingerprint density at radius 1 is 1.44 bits per heavy atom. The molecule has 1 N–H and O–H groups in total. The Morgan fingerprint density at radius 3 is 3.17 bits per heavy atom. The molecule has 18 heavy (non-hydrogen) atoms. The van der Waals surface area contributed by atoms with Crippen LogP contribution in [0, 0.1) is 5.92 Å². The maximum Gasteiger partial charge on any atom is 0.227 e. The highest BCUT2D eigenvalue weighted by Crippen LogP contribution is 2.21. The van der Waals surface area contributed by atoms with Crippen molar-refractivity contribution in [3.63, 3.8) is 0 Å². The SMILES string of the molecule is Brc1cccc(-c2noc(CC3CCNC3)n2)c1. The first-order valence-corrected chi connectivity index (χ1v) is 6.90. The van der Waals surface area contributed by atoms with E-state index >= 15 is 0 Å². The summed E-state index contributed by atoms with van der Waals surface area (Å²) in [6.07, 6.45) is 2.06. The Kier molecular flexibility index (Phi) is 3.43. The third-order valence-electron chi connectivity index (χ3n) is 3.18. The molecule has 3 rings (SSSR count). The van der Waals surface area contributed by atoms with Crippen LogP contribution in [0.15, 0.2) is 33.3 Å². The van der Waals surface area contributed by atoms with Gasteiger partial charge in [-0.3, -0.25) is 0 Å². The molecule has 0 bridgehead atoms. The molecule has 1 aromatic heterocycles. The van der Waals surface area contributed by atoms with Gasteiger partial charge in [0, 0.05) is 16.5 Å². The fourth-order valence-electron chi connectivity index (χ4n) is 2.22. The summed E-state index contributed by atoms with van der Waals surface area (Å²) in [7, 11) is 0. The van der Waals surface area contributed by atoms with Gasteiger partial charge in [-0.1, -0.05) is 33.2 Å². The van der Waals surface area contributed by atoms with Crippen molar-refractivity contribution in [2.75, 3.05) is 13.1 Å². The molecule has 1 saturated heterocycles. The molecule has 5 heteroatoms. The molecule has 94 valence electrons. The van der Waals surface area contributed by atoms with Crippen LogP contribution in [-0.4, -0.2) is 23.2 Å². The second-order valence-electron chi connectivity index (χ2n) is 4.59. The first kappa shape index (κ1) is 11.9. The maximum absolute atomic E-state index is 5.32. The van der Waals surface area contributed by atoms with Crippen LogP contribution < -0.4 is 5.32 Å². The van der Waals surface area contributed by atoms with Crippen molar-refractivity contribution in [2.45, 2.75) is 12.8 Å². The number of nitrogens with zero attached hydrogens (tertiary/aromatic N) is 2. The van der Waals surface area contributed by atoms with Crippen LogP contribution in [0.2, 0.25) is 0 Å². The fraction of sp³-hybridized carbons (Fsp3) is 0.385. The summed E-state index contributed by atoms with van der Waals surface area (Å²) in [6, 6.07) is 7.92. The lowest BCUT2D eigenvalue weighted by molar-refractivity contribution is 0.358. The second-order valence-corrected chi connectivity index (χ2v) is 5.50. The van der Waals surface area contributed by atoms with Crippen molar-refractivity contribution >= 4 is 15.9 Å². The monoisotopic (exact) mass is 307 g/mol. The number of benzene rings is 1. The number of hydrogen-bond acceptors (Lipinski definition) is 4. The highest BCUT2D eigenvalue weighted by atomic mass is 79.9. The lowest BCUT2D eigenvalue weighted by Crippen LogP contribution is -2.10. The fourth-order valence-corrected chi connectivity index (χ4v) is 2.62. The average Bonchev–Trinajstić information content (AvgIpc) is 3.01. The topological polar surface area (TPSA) is 51.0 Å².